The van der Waals surface area contributed by atoms with Crippen LogP contribution in [0.4, 0.5) is 5.69 Å². The van der Waals surface area contributed by atoms with Crippen molar-refractivity contribution in [2.75, 3.05) is 5.32 Å². The van der Waals surface area contributed by atoms with Crippen LogP contribution in [0, 0.1) is 17.2 Å². The van der Waals surface area contributed by atoms with Gasteiger partial charge in [-0.1, -0.05) is 0 Å². The maximum absolute atomic E-state index is 10.6. The van der Waals surface area contributed by atoms with E-state index in [0.29, 0.717) is 12.0 Å². The molecule has 1 aromatic carbocycles. The molecule has 1 aliphatic carbocycles. The van der Waals surface area contributed by atoms with Crippen molar-refractivity contribution in [1.82, 2.24) is 0 Å². The van der Waals surface area contributed by atoms with Gasteiger partial charge >= 0.3 is 5.97 Å². The molecular formula is C11H10N2O2. The number of anilines is 1. The first-order valence-electron chi connectivity index (χ1n) is 4.70. The maximum atomic E-state index is 10.6. The molecule has 76 valence electrons. The quantitative estimate of drug-likeness (QED) is 0.777. The van der Waals surface area contributed by atoms with Crippen LogP contribution in [0.25, 0.3) is 0 Å². The van der Waals surface area contributed by atoms with Crippen LogP contribution in [0.1, 0.15) is 12.0 Å². The summed E-state index contributed by atoms with van der Waals surface area (Å²) in [5.41, 5.74) is 1.47. The fourth-order valence-corrected chi connectivity index (χ4v) is 1.48. The van der Waals surface area contributed by atoms with Gasteiger partial charge in [0.1, 0.15) is 0 Å². The van der Waals surface area contributed by atoms with Gasteiger partial charge in [0.05, 0.1) is 17.6 Å². The summed E-state index contributed by atoms with van der Waals surface area (Å²) in [7, 11) is 0. The molecule has 2 rings (SSSR count). The molecule has 4 nitrogen and oxygen atoms in total. The smallest absolute Gasteiger partial charge is 0.308 e. The summed E-state index contributed by atoms with van der Waals surface area (Å²) in [6.07, 6.45) is 0.676. The van der Waals surface area contributed by atoms with E-state index in [4.69, 9.17) is 10.4 Å². The van der Waals surface area contributed by atoms with Crippen molar-refractivity contribution in [2.45, 2.75) is 12.5 Å². The molecule has 0 saturated heterocycles. The summed E-state index contributed by atoms with van der Waals surface area (Å²) in [6.45, 7) is 0. The minimum absolute atomic E-state index is 0.0374. The number of carbonyl (C=O) groups is 1. The van der Waals surface area contributed by atoms with Gasteiger partial charge in [-0.05, 0) is 30.7 Å². The van der Waals surface area contributed by atoms with Gasteiger partial charge in [0.15, 0.2) is 0 Å². The molecule has 0 spiro atoms. The highest BCUT2D eigenvalue weighted by molar-refractivity contribution is 5.75. The van der Waals surface area contributed by atoms with E-state index < -0.39 is 5.97 Å². The first kappa shape index (κ1) is 9.53. The lowest BCUT2D eigenvalue weighted by Crippen LogP contribution is -2.09. The number of carboxylic acids is 1. The normalized spacial score (nSPS) is 22.9. The molecule has 2 N–H and O–H groups in total. The molecule has 1 saturated carbocycles. The summed E-state index contributed by atoms with van der Waals surface area (Å²) in [6, 6.07) is 9.06. The summed E-state index contributed by atoms with van der Waals surface area (Å²) in [5, 5.41) is 20.4. The standard InChI is InChI=1S/C11H10N2O2/c12-6-7-1-3-8(4-2-7)13-10-5-9(10)11(14)15/h1-4,9-10,13H,5H2,(H,14,15). The molecule has 0 radical (unpaired) electrons. The van der Waals surface area contributed by atoms with Crippen molar-refractivity contribution >= 4 is 11.7 Å². The molecule has 2 atom stereocenters. The van der Waals surface area contributed by atoms with Crippen molar-refractivity contribution in [3.63, 3.8) is 0 Å². The highest BCUT2D eigenvalue weighted by Crippen LogP contribution is 2.33. The van der Waals surface area contributed by atoms with Crippen LogP contribution in [0.15, 0.2) is 24.3 Å². The van der Waals surface area contributed by atoms with Crippen LogP contribution in [0.2, 0.25) is 0 Å². The van der Waals surface area contributed by atoms with Crippen molar-refractivity contribution in [3.8, 4) is 6.07 Å². The third kappa shape index (κ3) is 2.08. The van der Waals surface area contributed by atoms with Crippen molar-refractivity contribution in [2.24, 2.45) is 5.92 Å². The average Bonchev–Trinajstić information content (AvgIpc) is 2.98. The number of carboxylic acid groups (broad SMARTS) is 1. The topological polar surface area (TPSA) is 73.1 Å². The second-order valence-electron chi connectivity index (χ2n) is 3.62. The van der Waals surface area contributed by atoms with Crippen LogP contribution in [0.3, 0.4) is 0 Å². The molecule has 0 aromatic heterocycles. The van der Waals surface area contributed by atoms with Gasteiger partial charge in [-0.2, -0.15) is 5.26 Å². The Morgan fingerprint density at radius 3 is 2.60 bits per heavy atom. The molecule has 1 fully saturated rings. The van der Waals surface area contributed by atoms with Crippen LogP contribution < -0.4 is 5.32 Å². The van der Waals surface area contributed by atoms with Crippen LogP contribution in [0.5, 0.6) is 0 Å². The predicted octanol–water partition coefficient (Wildman–Crippen LogP) is 1.44. The molecule has 0 aliphatic heterocycles. The van der Waals surface area contributed by atoms with Gasteiger partial charge < -0.3 is 10.4 Å². The minimum Gasteiger partial charge on any atom is -0.481 e. The third-order valence-electron chi connectivity index (χ3n) is 2.47. The number of nitrogens with one attached hydrogen (secondary N) is 1. The highest BCUT2D eigenvalue weighted by atomic mass is 16.4. The molecule has 1 aliphatic rings. The molecule has 15 heavy (non-hydrogen) atoms. The summed E-state index contributed by atoms with van der Waals surface area (Å²) in [5.74, 6) is -1.01. The first-order valence-corrected chi connectivity index (χ1v) is 4.70. The van der Waals surface area contributed by atoms with Gasteiger partial charge in [0, 0.05) is 11.7 Å². The van der Waals surface area contributed by atoms with Gasteiger partial charge in [-0.3, -0.25) is 4.79 Å². The first-order chi connectivity index (χ1) is 7.20. The largest absolute Gasteiger partial charge is 0.481 e. The minimum atomic E-state index is -0.749. The number of rotatable bonds is 3. The number of aliphatic carboxylic acids is 1. The summed E-state index contributed by atoms with van der Waals surface area (Å²) in [4.78, 5) is 10.6. The monoisotopic (exact) mass is 202 g/mol. The van der Waals surface area contributed by atoms with Gasteiger partial charge in [-0.25, -0.2) is 0 Å². The predicted molar refractivity (Wildman–Crippen MR) is 54.3 cm³/mol. The second-order valence-corrected chi connectivity index (χ2v) is 3.62. The van der Waals surface area contributed by atoms with E-state index in [-0.39, 0.29) is 12.0 Å². The van der Waals surface area contributed by atoms with Gasteiger partial charge in [0.25, 0.3) is 0 Å². The Kier molecular flexibility index (Phi) is 2.30. The second kappa shape index (κ2) is 3.62. The Balaban J connectivity index is 1.96. The lowest BCUT2D eigenvalue weighted by Gasteiger charge is -2.03. The van der Waals surface area contributed by atoms with E-state index in [1.165, 1.54) is 0 Å². The molecule has 0 amide bonds. The molecule has 1 aromatic rings. The average molecular weight is 202 g/mol. The molecular weight excluding hydrogens is 192 g/mol. The number of hydrogen-bond donors (Lipinski definition) is 2. The fraction of sp³-hybridized carbons (Fsp3) is 0.273. The van der Waals surface area contributed by atoms with E-state index in [9.17, 15) is 4.79 Å². The van der Waals surface area contributed by atoms with Gasteiger partial charge in [-0.15, -0.1) is 0 Å². The number of hydrogen-bond acceptors (Lipinski definition) is 3. The van der Waals surface area contributed by atoms with Crippen molar-refractivity contribution < 1.29 is 9.90 Å². The zero-order chi connectivity index (χ0) is 10.8. The van der Waals surface area contributed by atoms with E-state index in [0.717, 1.165) is 5.69 Å². The maximum Gasteiger partial charge on any atom is 0.308 e. The van der Waals surface area contributed by atoms with Gasteiger partial charge in [0.2, 0.25) is 0 Å². The highest BCUT2D eigenvalue weighted by Gasteiger charge is 2.43. The molecule has 0 heterocycles. The molecule has 4 heteroatoms. The van der Waals surface area contributed by atoms with Crippen molar-refractivity contribution in [3.05, 3.63) is 29.8 Å². The zero-order valence-electron chi connectivity index (χ0n) is 7.97. The van der Waals surface area contributed by atoms with Crippen LogP contribution in [-0.2, 0) is 4.79 Å². The zero-order valence-corrected chi connectivity index (χ0v) is 7.97. The van der Waals surface area contributed by atoms with E-state index in [1.807, 2.05) is 6.07 Å². The lowest BCUT2D eigenvalue weighted by molar-refractivity contribution is -0.138. The Morgan fingerprint density at radius 1 is 1.47 bits per heavy atom. The summed E-state index contributed by atoms with van der Waals surface area (Å²) >= 11 is 0. The molecule has 0 bridgehead atoms. The Labute approximate surface area is 87.1 Å². The third-order valence-corrected chi connectivity index (χ3v) is 2.47. The van der Waals surface area contributed by atoms with E-state index >= 15 is 0 Å². The van der Waals surface area contributed by atoms with E-state index in [2.05, 4.69) is 5.32 Å². The summed E-state index contributed by atoms with van der Waals surface area (Å²) < 4.78 is 0. The fourth-order valence-electron chi connectivity index (χ4n) is 1.48. The van der Waals surface area contributed by atoms with Crippen molar-refractivity contribution in [1.29, 1.82) is 5.26 Å². The van der Waals surface area contributed by atoms with E-state index in [1.54, 1.807) is 24.3 Å². The lowest BCUT2D eigenvalue weighted by atomic mass is 10.2. The number of nitriles is 1. The Bertz CT molecular complexity index is 419. The molecule has 2 unspecified atom stereocenters. The Hall–Kier alpha value is -2.02. The number of benzene rings is 1. The number of nitrogens with zero attached hydrogens (tertiary/aromatic N) is 1. The van der Waals surface area contributed by atoms with Crippen LogP contribution >= 0.6 is 0 Å². The van der Waals surface area contributed by atoms with Crippen LogP contribution in [-0.4, -0.2) is 17.1 Å². The Morgan fingerprint density at radius 2 is 2.13 bits per heavy atom. The SMILES string of the molecule is N#Cc1ccc(NC2CC2C(=O)O)cc1.